The number of halogens is 4. The molecular formula is C23H24ClF3N4O2S. The summed E-state index contributed by atoms with van der Waals surface area (Å²) in [5.41, 5.74) is 6.91. The smallest absolute Gasteiger partial charge is 0.405 e. The van der Waals surface area contributed by atoms with Crippen LogP contribution in [0.1, 0.15) is 24.5 Å². The number of aromatic nitrogens is 2. The molecule has 2 heterocycles. The Bertz CT molecular complexity index is 1250. The topological polar surface area (TPSA) is 73.4 Å². The van der Waals surface area contributed by atoms with Crippen LogP contribution in [-0.2, 0) is 13.1 Å². The van der Waals surface area contributed by atoms with E-state index in [2.05, 4.69) is 9.72 Å². The van der Waals surface area contributed by atoms with Crippen LogP contribution in [-0.4, -0.2) is 45.7 Å². The Hall–Kier alpha value is -2.27. The lowest BCUT2D eigenvalue weighted by atomic mass is 10.1. The monoisotopic (exact) mass is 512 g/mol. The third-order valence-corrected chi connectivity index (χ3v) is 6.83. The summed E-state index contributed by atoms with van der Waals surface area (Å²) in [5, 5.41) is 0.583. The van der Waals surface area contributed by atoms with Gasteiger partial charge in [0.25, 0.3) is 5.56 Å². The normalized spacial score (nSPS) is 16.9. The molecule has 0 radical (unpaired) electrons. The van der Waals surface area contributed by atoms with Crippen LogP contribution >= 0.6 is 23.4 Å². The highest BCUT2D eigenvalue weighted by Crippen LogP contribution is 2.31. The van der Waals surface area contributed by atoms with Crippen LogP contribution in [0, 0.1) is 0 Å². The number of likely N-dealkylation sites (tertiary alicyclic amines) is 1. The van der Waals surface area contributed by atoms with Gasteiger partial charge in [-0.15, -0.1) is 24.9 Å². The molecule has 1 aliphatic rings. The van der Waals surface area contributed by atoms with Gasteiger partial charge in [0.2, 0.25) is 0 Å². The van der Waals surface area contributed by atoms with Crippen molar-refractivity contribution in [2.24, 2.45) is 5.73 Å². The number of fused-ring (bicyclic) bond motifs is 1. The molecule has 0 bridgehead atoms. The average Bonchev–Trinajstić information content (AvgIpc) is 3.16. The number of nitrogens with zero attached hydrogens (tertiary/aromatic N) is 3. The van der Waals surface area contributed by atoms with Crippen LogP contribution in [0.2, 0.25) is 5.02 Å². The second-order valence-corrected chi connectivity index (χ2v) is 9.91. The number of alkyl halides is 3. The van der Waals surface area contributed by atoms with Crippen molar-refractivity contribution < 1.29 is 17.9 Å². The summed E-state index contributed by atoms with van der Waals surface area (Å²) in [4.78, 5) is 20.5. The molecule has 2 aromatic carbocycles. The molecule has 2 N–H and O–H groups in total. The van der Waals surface area contributed by atoms with Gasteiger partial charge < -0.3 is 10.5 Å². The summed E-state index contributed by atoms with van der Waals surface area (Å²) in [6, 6.07) is 8.05. The Morgan fingerprint density at radius 3 is 2.71 bits per heavy atom. The van der Waals surface area contributed by atoms with Crippen LogP contribution in [0.15, 0.2) is 46.3 Å². The lowest BCUT2D eigenvalue weighted by Gasteiger charge is -2.19. The summed E-state index contributed by atoms with van der Waals surface area (Å²) in [6.07, 6.45) is -2.71. The minimum Gasteiger partial charge on any atom is -0.405 e. The van der Waals surface area contributed by atoms with Gasteiger partial charge in [0.1, 0.15) is 5.75 Å². The lowest BCUT2D eigenvalue weighted by molar-refractivity contribution is -0.274. The number of thioether (sulfide) groups is 1. The zero-order valence-electron chi connectivity index (χ0n) is 18.4. The van der Waals surface area contributed by atoms with Gasteiger partial charge in [0.05, 0.1) is 23.8 Å². The number of benzene rings is 2. The molecule has 1 fully saturated rings. The molecule has 1 atom stereocenters. The number of hydrogen-bond acceptors (Lipinski definition) is 6. The van der Waals surface area contributed by atoms with Crippen molar-refractivity contribution >= 4 is 34.3 Å². The molecule has 11 heteroatoms. The molecule has 0 aliphatic carbocycles. The Morgan fingerprint density at radius 1 is 1.24 bits per heavy atom. The zero-order valence-corrected chi connectivity index (χ0v) is 20.0. The first-order valence-electron chi connectivity index (χ1n) is 10.8. The summed E-state index contributed by atoms with van der Waals surface area (Å²) in [5.74, 6) is 0.435. The van der Waals surface area contributed by atoms with Crippen LogP contribution in [0.25, 0.3) is 10.9 Å². The SMILES string of the molecule is CCSc1ccc(Cl)cc1Cn1cnc2cc(CN3CC[C@@H](N)C3)c(OC(F)(F)F)cc2c1=O. The fourth-order valence-corrected chi connectivity index (χ4v) is 5.06. The van der Waals surface area contributed by atoms with Crippen molar-refractivity contribution in [1.82, 2.24) is 14.5 Å². The molecule has 1 aromatic heterocycles. The minimum atomic E-state index is -4.89. The quantitative estimate of drug-likeness (QED) is 0.465. The van der Waals surface area contributed by atoms with E-state index in [9.17, 15) is 18.0 Å². The molecule has 6 nitrogen and oxygen atoms in total. The van der Waals surface area contributed by atoms with E-state index >= 15 is 0 Å². The highest BCUT2D eigenvalue weighted by Gasteiger charge is 2.33. The van der Waals surface area contributed by atoms with Crippen molar-refractivity contribution in [3.8, 4) is 5.75 Å². The summed E-state index contributed by atoms with van der Waals surface area (Å²) >= 11 is 7.76. The van der Waals surface area contributed by atoms with Gasteiger partial charge in [-0.3, -0.25) is 14.3 Å². The number of rotatable bonds is 7. The van der Waals surface area contributed by atoms with Gasteiger partial charge in [-0.2, -0.15) is 0 Å². The number of ether oxygens (including phenoxy) is 1. The molecule has 4 rings (SSSR count). The maximum Gasteiger partial charge on any atom is 0.573 e. The standard InChI is InChI=1S/C23H24ClF3N4O2S/c1-2-34-21-4-3-16(24)7-15(21)11-31-13-29-19-8-14(10-30-6-5-17(28)12-30)20(33-23(25,26)27)9-18(19)22(31)32/h3-4,7-9,13,17H,2,5-6,10-12,28H2,1H3/t17-/m1/s1. The molecule has 0 spiro atoms. The number of nitrogens with two attached hydrogens (primary N) is 1. The van der Waals surface area contributed by atoms with Crippen LogP contribution in [0.3, 0.4) is 0 Å². The van der Waals surface area contributed by atoms with Crippen molar-refractivity contribution in [1.29, 1.82) is 0 Å². The Morgan fingerprint density at radius 2 is 2.03 bits per heavy atom. The third-order valence-electron chi connectivity index (χ3n) is 5.60. The van der Waals surface area contributed by atoms with Crippen molar-refractivity contribution in [2.75, 3.05) is 18.8 Å². The molecule has 0 amide bonds. The molecule has 182 valence electrons. The first-order valence-corrected chi connectivity index (χ1v) is 12.2. The van der Waals surface area contributed by atoms with E-state index in [0.29, 0.717) is 29.2 Å². The van der Waals surface area contributed by atoms with Gasteiger partial charge in [0.15, 0.2) is 0 Å². The van der Waals surface area contributed by atoms with Crippen LogP contribution in [0.5, 0.6) is 5.75 Å². The van der Waals surface area contributed by atoms with Crippen molar-refractivity contribution in [3.63, 3.8) is 0 Å². The van der Waals surface area contributed by atoms with E-state index in [4.69, 9.17) is 17.3 Å². The molecule has 1 aliphatic heterocycles. The van der Waals surface area contributed by atoms with E-state index in [1.54, 1.807) is 23.9 Å². The van der Waals surface area contributed by atoms with Gasteiger partial charge in [-0.1, -0.05) is 18.5 Å². The van der Waals surface area contributed by atoms with Gasteiger partial charge in [-0.05, 0) is 48.1 Å². The van der Waals surface area contributed by atoms with E-state index in [1.165, 1.54) is 17.0 Å². The van der Waals surface area contributed by atoms with Crippen LogP contribution in [0.4, 0.5) is 13.2 Å². The van der Waals surface area contributed by atoms with Crippen molar-refractivity contribution in [3.05, 3.63) is 63.2 Å². The Labute approximate surface area is 203 Å². The largest absolute Gasteiger partial charge is 0.573 e. The lowest BCUT2D eigenvalue weighted by Crippen LogP contribution is -2.27. The summed E-state index contributed by atoms with van der Waals surface area (Å²) in [6.45, 7) is 3.68. The van der Waals surface area contributed by atoms with Gasteiger partial charge >= 0.3 is 6.36 Å². The van der Waals surface area contributed by atoms with E-state index < -0.39 is 17.7 Å². The first-order chi connectivity index (χ1) is 16.1. The average molecular weight is 513 g/mol. The zero-order chi connectivity index (χ0) is 24.5. The number of hydrogen-bond donors (Lipinski definition) is 1. The minimum absolute atomic E-state index is 0.0139. The predicted molar refractivity (Wildman–Crippen MR) is 128 cm³/mol. The van der Waals surface area contributed by atoms with Gasteiger partial charge in [-0.25, -0.2) is 4.98 Å². The van der Waals surface area contributed by atoms with E-state index in [1.807, 2.05) is 17.9 Å². The maximum atomic E-state index is 13.2. The molecular weight excluding hydrogens is 489 g/mol. The summed E-state index contributed by atoms with van der Waals surface area (Å²) in [7, 11) is 0. The van der Waals surface area contributed by atoms with Crippen molar-refractivity contribution in [2.45, 2.75) is 43.7 Å². The van der Waals surface area contributed by atoms with Crippen LogP contribution < -0.4 is 16.0 Å². The van der Waals surface area contributed by atoms with E-state index in [-0.39, 0.29) is 24.5 Å². The predicted octanol–water partition coefficient (Wildman–Crippen LogP) is 4.64. The van der Waals surface area contributed by atoms with E-state index in [0.717, 1.165) is 28.7 Å². The molecule has 3 aromatic rings. The molecule has 1 saturated heterocycles. The summed E-state index contributed by atoms with van der Waals surface area (Å²) < 4.78 is 45.1. The Kier molecular flexibility index (Phi) is 7.42. The molecule has 0 unspecified atom stereocenters. The molecule has 0 saturated carbocycles. The fourth-order valence-electron chi connectivity index (χ4n) is 4.08. The van der Waals surface area contributed by atoms with Gasteiger partial charge in [0, 0.05) is 41.2 Å². The highest BCUT2D eigenvalue weighted by atomic mass is 35.5. The highest BCUT2D eigenvalue weighted by molar-refractivity contribution is 7.99. The maximum absolute atomic E-state index is 13.2. The molecule has 34 heavy (non-hydrogen) atoms. The third kappa shape index (κ3) is 5.86. The Balaban J connectivity index is 1.74. The second-order valence-electron chi connectivity index (χ2n) is 8.17. The first kappa shape index (κ1) is 24.8. The fraction of sp³-hybridized carbons (Fsp3) is 0.391. The second kappa shape index (κ2) is 10.2.